The van der Waals surface area contributed by atoms with Crippen LogP contribution in [-0.4, -0.2) is 25.0 Å². The Balaban J connectivity index is 1.94. The highest BCUT2D eigenvalue weighted by atomic mass is 16.5. The second-order valence-corrected chi connectivity index (χ2v) is 5.30. The van der Waals surface area contributed by atoms with Crippen LogP contribution in [0, 0.1) is 11.3 Å². The molecule has 7 nitrogen and oxygen atoms in total. The van der Waals surface area contributed by atoms with Crippen molar-refractivity contribution in [1.82, 2.24) is 0 Å². The first-order chi connectivity index (χ1) is 12.5. The van der Waals surface area contributed by atoms with E-state index >= 15 is 0 Å². The summed E-state index contributed by atoms with van der Waals surface area (Å²) in [6.45, 7) is 3.45. The van der Waals surface area contributed by atoms with Crippen molar-refractivity contribution >= 4 is 23.2 Å². The maximum Gasteiger partial charge on any atom is 0.262 e. The predicted molar refractivity (Wildman–Crippen MR) is 97.2 cm³/mol. The van der Waals surface area contributed by atoms with Crippen molar-refractivity contribution in [2.24, 2.45) is 0 Å². The van der Waals surface area contributed by atoms with Gasteiger partial charge in [0, 0.05) is 24.4 Å². The lowest BCUT2D eigenvalue weighted by Crippen LogP contribution is -2.20. The number of rotatable bonds is 7. The highest BCUT2D eigenvalue weighted by molar-refractivity contribution is 5.93. The van der Waals surface area contributed by atoms with Gasteiger partial charge >= 0.3 is 0 Å². The summed E-state index contributed by atoms with van der Waals surface area (Å²) in [5.41, 5.74) is 1.67. The summed E-state index contributed by atoms with van der Waals surface area (Å²) in [6.07, 6.45) is 0. The first-order valence-electron chi connectivity index (χ1n) is 7.99. The lowest BCUT2D eigenvalue weighted by molar-refractivity contribution is -0.118. The summed E-state index contributed by atoms with van der Waals surface area (Å²) in [5, 5.41) is 14.3. The predicted octanol–water partition coefficient (Wildman–Crippen LogP) is 2.93. The molecule has 2 aromatic carbocycles. The second kappa shape index (κ2) is 9.08. The molecule has 2 N–H and O–H groups in total. The Bertz CT molecular complexity index is 826. The highest BCUT2D eigenvalue weighted by Crippen LogP contribution is 2.28. The molecule has 0 radical (unpaired) electrons. The number of nitriles is 1. The third-order valence-electron chi connectivity index (χ3n) is 3.22. The molecule has 0 saturated heterocycles. The molecule has 0 bridgehead atoms. The number of ether oxygens (including phenoxy) is 2. The summed E-state index contributed by atoms with van der Waals surface area (Å²) in [5.74, 6) is 0.299. The van der Waals surface area contributed by atoms with E-state index < -0.39 is 0 Å². The SMILES string of the molecule is CCOc1cc(C#N)ccc1OCC(=O)Nc1ccc(NC(C)=O)cc1. The number of carbonyl (C=O) groups excluding carboxylic acids is 2. The monoisotopic (exact) mass is 353 g/mol. The topological polar surface area (TPSA) is 100 Å². The second-order valence-electron chi connectivity index (χ2n) is 5.30. The molecule has 2 aromatic rings. The summed E-state index contributed by atoms with van der Waals surface area (Å²) in [4.78, 5) is 23.0. The third-order valence-corrected chi connectivity index (χ3v) is 3.22. The van der Waals surface area contributed by atoms with E-state index in [0.717, 1.165) is 0 Å². The van der Waals surface area contributed by atoms with Crippen molar-refractivity contribution in [2.45, 2.75) is 13.8 Å². The van der Waals surface area contributed by atoms with Crippen molar-refractivity contribution in [3.8, 4) is 17.6 Å². The Morgan fingerprint density at radius 1 is 1.00 bits per heavy atom. The van der Waals surface area contributed by atoms with E-state index in [1.807, 2.05) is 13.0 Å². The quantitative estimate of drug-likeness (QED) is 0.797. The van der Waals surface area contributed by atoms with E-state index in [1.165, 1.54) is 6.92 Å². The van der Waals surface area contributed by atoms with Crippen molar-refractivity contribution in [1.29, 1.82) is 5.26 Å². The lowest BCUT2D eigenvalue weighted by Gasteiger charge is -2.12. The number of nitrogens with one attached hydrogen (secondary N) is 2. The average Bonchev–Trinajstić information content (AvgIpc) is 2.62. The van der Waals surface area contributed by atoms with E-state index in [-0.39, 0.29) is 18.4 Å². The number of carbonyl (C=O) groups is 2. The van der Waals surface area contributed by atoms with Crippen molar-refractivity contribution in [3.63, 3.8) is 0 Å². The molecule has 0 aromatic heterocycles. The van der Waals surface area contributed by atoms with Crippen molar-refractivity contribution in [2.75, 3.05) is 23.8 Å². The number of nitrogens with zero attached hydrogens (tertiary/aromatic N) is 1. The Kier molecular flexibility index (Phi) is 6.57. The summed E-state index contributed by atoms with van der Waals surface area (Å²) >= 11 is 0. The Morgan fingerprint density at radius 2 is 1.65 bits per heavy atom. The van der Waals surface area contributed by atoms with E-state index in [9.17, 15) is 9.59 Å². The summed E-state index contributed by atoms with van der Waals surface area (Å²) in [6, 6.07) is 13.5. The van der Waals surface area contributed by atoms with Crippen molar-refractivity contribution < 1.29 is 19.1 Å². The fourth-order valence-electron chi connectivity index (χ4n) is 2.15. The van der Waals surface area contributed by atoms with Crippen LogP contribution in [0.2, 0.25) is 0 Å². The number of amides is 2. The molecule has 2 rings (SSSR count). The largest absolute Gasteiger partial charge is 0.490 e. The van der Waals surface area contributed by atoms with Gasteiger partial charge in [0.15, 0.2) is 18.1 Å². The average molecular weight is 353 g/mol. The molecule has 0 fully saturated rings. The minimum Gasteiger partial charge on any atom is -0.490 e. The molecule has 0 aliphatic heterocycles. The molecule has 0 aliphatic rings. The van der Waals surface area contributed by atoms with Crippen molar-refractivity contribution in [3.05, 3.63) is 48.0 Å². The normalized spacial score (nSPS) is 9.73. The fourth-order valence-corrected chi connectivity index (χ4v) is 2.15. The van der Waals surface area contributed by atoms with Crippen LogP contribution in [0.4, 0.5) is 11.4 Å². The highest BCUT2D eigenvalue weighted by Gasteiger charge is 2.09. The zero-order chi connectivity index (χ0) is 18.9. The van der Waals surface area contributed by atoms with Gasteiger partial charge in [-0.15, -0.1) is 0 Å². The molecular formula is C19H19N3O4. The molecule has 7 heteroatoms. The summed E-state index contributed by atoms with van der Waals surface area (Å²) < 4.78 is 10.9. The molecule has 0 heterocycles. The van der Waals surface area contributed by atoms with E-state index in [1.54, 1.807) is 42.5 Å². The van der Waals surface area contributed by atoms with Crippen LogP contribution in [-0.2, 0) is 9.59 Å². The van der Waals surface area contributed by atoms with E-state index in [4.69, 9.17) is 14.7 Å². The van der Waals surface area contributed by atoms with Gasteiger partial charge in [-0.1, -0.05) is 0 Å². The lowest BCUT2D eigenvalue weighted by atomic mass is 10.2. The van der Waals surface area contributed by atoms with Gasteiger partial charge in [0.1, 0.15) is 0 Å². The standard InChI is InChI=1S/C19H19N3O4/c1-3-25-18-10-14(11-20)4-9-17(18)26-12-19(24)22-16-7-5-15(6-8-16)21-13(2)23/h4-10H,3,12H2,1-2H3,(H,21,23)(H,22,24). The first kappa shape index (κ1) is 18.8. The number of hydrogen-bond donors (Lipinski definition) is 2. The smallest absolute Gasteiger partial charge is 0.262 e. The van der Waals surface area contributed by atoms with Crippen LogP contribution in [0.25, 0.3) is 0 Å². The van der Waals surface area contributed by atoms with Gasteiger partial charge in [0.2, 0.25) is 5.91 Å². The number of anilines is 2. The minimum absolute atomic E-state index is 0.164. The van der Waals surface area contributed by atoms with Gasteiger partial charge in [-0.2, -0.15) is 5.26 Å². The molecule has 134 valence electrons. The molecular weight excluding hydrogens is 334 g/mol. The summed E-state index contributed by atoms with van der Waals surface area (Å²) in [7, 11) is 0. The Morgan fingerprint density at radius 3 is 2.23 bits per heavy atom. The Hall–Kier alpha value is -3.53. The molecule has 0 spiro atoms. The molecule has 26 heavy (non-hydrogen) atoms. The molecule has 2 amide bonds. The van der Waals surface area contributed by atoms with Gasteiger partial charge < -0.3 is 20.1 Å². The molecule has 0 atom stereocenters. The maximum atomic E-state index is 12.0. The zero-order valence-electron chi connectivity index (χ0n) is 14.5. The van der Waals surface area contributed by atoms with Gasteiger partial charge in [0.05, 0.1) is 18.2 Å². The fraction of sp³-hybridized carbons (Fsp3) is 0.211. The van der Waals surface area contributed by atoms with Gasteiger partial charge in [-0.3, -0.25) is 9.59 Å². The first-order valence-corrected chi connectivity index (χ1v) is 7.99. The van der Waals surface area contributed by atoms with E-state index in [2.05, 4.69) is 10.6 Å². The molecule has 0 unspecified atom stereocenters. The van der Waals surface area contributed by atoms with Gasteiger partial charge in [-0.05, 0) is 43.3 Å². The van der Waals surface area contributed by atoms with Crippen LogP contribution in [0.5, 0.6) is 11.5 Å². The molecule has 0 aliphatic carbocycles. The maximum absolute atomic E-state index is 12.0. The minimum atomic E-state index is -0.343. The van der Waals surface area contributed by atoms with E-state index in [0.29, 0.717) is 35.0 Å². The molecule has 0 saturated carbocycles. The van der Waals surface area contributed by atoms with Crippen LogP contribution >= 0.6 is 0 Å². The van der Waals surface area contributed by atoms with Gasteiger partial charge in [0.25, 0.3) is 5.91 Å². The van der Waals surface area contributed by atoms with Crippen LogP contribution in [0.3, 0.4) is 0 Å². The zero-order valence-corrected chi connectivity index (χ0v) is 14.5. The van der Waals surface area contributed by atoms with Crippen LogP contribution in [0.1, 0.15) is 19.4 Å². The third kappa shape index (κ3) is 5.53. The van der Waals surface area contributed by atoms with Crippen LogP contribution in [0.15, 0.2) is 42.5 Å². The van der Waals surface area contributed by atoms with Crippen LogP contribution < -0.4 is 20.1 Å². The number of hydrogen-bond acceptors (Lipinski definition) is 5. The number of benzene rings is 2. The Labute approximate surface area is 151 Å². The van der Waals surface area contributed by atoms with Gasteiger partial charge in [-0.25, -0.2) is 0 Å².